The first-order chi connectivity index (χ1) is 8.20. The Morgan fingerprint density at radius 1 is 1.32 bits per heavy atom. The van der Waals surface area contributed by atoms with Crippen molar-refractivity contribution in [3.05, 3.63) is 17.8 Å². The van der Waals surface area contributed by atoms with Crippen LogP contribution >= 0.6 is 0 Å². The number of nitrogens with zero attached hydrogens (tertiary/aromatic N) is 3. The summed E-state index contributed by atoms with van der Waals surface area (Å²) in [6.45, 7) is 5.24. The average Bonchev–Trinajstić information content (AvgIpc) is 2.26. The van der Waals surface area contributed by atoms with E-state index in [4.69, 9.17) is 9.84 Å². The third kappa shape index (κ3) is 5.54. The predicted octanol–water partition coefficient (Wildman–Crippen LogP) is -1.34. The number of carboxylic acid groups (broad SMARTS) is 1. The first-order valence-corrected chi connectivity index (χ1v) is 5.24. The first kappa shape index (κ1) is 17.8. The Balaban J connectivity index is 0. The number of amides is 1. The first-order valence-electron chi connectivity index (χ1n) is 5.24. The zero-order chi connectivity index (χ0) is 13.9. The number of carbonyl (C=O) groups is 2. The molecule has 1 rings (SSSR count). The van der Waals surface area contributed by atoms with Crippen LogP contribution in [0.4, 0.5) is 10.6 Å². The van der Waals surface area contributed by atoms with Gasteiger partial charge < -0.3 is 11.3 Å². The van der Waals surface area contributed by atoms with E-state index in [1.807, 2.05) is 0 Å². The van der Waals surface area contributed by atoms with Crippen molar-refractivity contribution in [2.24, 2.45) is 0 Å². The molecule has 1 aromatic heterocycles. The van der Waals surface area contributed by atoms with Gasteiger partial charge in [-0.25, -0.2) is 9.59 Å². The predicted molar refractivity (Wildman–Crippen MR) is 64.7 cm³/mol. The molecule has 19 heavy (non-hydrogen) atoms. The molecule has 0 aliphatic rings. The van der Waals surface area contributed by atoms with Gasteiger partial charge in [-0.3, -0.25) is 4.90 Å². The normalized spacial score (nSPS) is 10.3. The van der Waals surface area contributed by atoms with E-state index in [1.165, 1.54) is 19.2 Å². The third-order valence-electron chi connectivity index (χ3n) is 1.88. The Kier molecular flexibility index (Phi) is 6.41. The summed E-state index contributed by atoms with van der Waals surface area (Å²) in [5.74, 6) is -0.955. The number of carbonyl (C=O) groups excluding carboxylic acids is 1. The molecule has 1 amide bonds. The van der Waals surface area contributed by atoms with Gasteiger partial charge in [0.25, 0.3) is 0 Å². The Morgan fingerprint density at radius 2 is 1.89 bits per heavy atom. The Labute approximate surface area is 134 Å². The molecule has 100 valence electrons. The zero-order valence-corrected chi connectivity index (χ0v) is 13.7. The number of hydrogen-bond acceptors (Lipinski definition) is 5. The van der Waals surface area contributed by atoms with E-state index >= 15 is 0 Å². The molecule has 1 N–H and O–H groups in total. The summed E-state index contributed by atoms with van der Waals surface area (Å²) in [5, 5.41) is 15.8. The van der Waals surface area contributed by atoms with Gasteiger partial charge in [-0.05, 0) is 32.9 Å². The van der Waals surface area contributed by atoms with Gasteiger partial charge in [0.2, 0.25) is 0 Å². The second-order valence-electron chi connectivity index (χ2n) is 4.62. The molecule has 0 aromatic carbocycles. The van der Waals surface area contributed by atoms with Crippen molar-refractivity contribution in [1.29, 1.82) is 0 Å². The smallest absolute Gasteiger partial charge is 1.00 e. The van der Waals surface area contributed by atoms with Crippen LogP contribution in [-0.4, -0.2) is 40.0 Å². The van der Waals surface area contributed by atoms with Gasteiger partial charge >= 0.3 is 41.6 Å². The fourth-order valence-corrected chi connectivity index (χ4v) is 1.04. The number of aromatic carboxylic acids is 1. The topological polar surface area (TPSA) is 92.6 Å². The average molecular weight is 277 g/mol. The summed E-state index contributed by atoms with van der Waals surface area (Å²) in [4.78, 5) is 23.4. The molecule has 1 aromatic rings. The minimum Gasteiger partial charge on any atom is -1.00 e. The molecule has 7 nitrogen and oxygen atoms in total. The molecule has 0 saturated heterocycles. The summed E-state index contributed by atoms with van der Waals surface area (Å²) in [5.41, 5.74) is -0.795. The van der Waals surface area contributed by atoms with Crippen LogP contribution in [0.2, 0.25) is 0 Å². The van der Waals surface area contributed by atoms with Gasteiger partial charge in [-0.1, -0.05) is 0 Å². The summed E-state index contributed by atoms with van der Waals surface area (Å²) < 4.78 is 5.13. The van der Waals surface area contributed by atoms with E-state index < -0.39 is 17.7 Å². The maximum atomic E-state index is 11.7. The number of hydrogen-bond donors (Lipinski definition) is 1. The van der Waals surface area contributed by atoms with E-state index in [0.717, 1.165) is 4.90 Å². The van der Waals surface area contributed by atoms with Crippen LogP contribution < -0.4 is 34.5 Å². The minimum atomic E-state index is -1.17. The second-order valence-corrected chi connectivity index (χ2v) is 4.62. The molecular weight excluding hydrogens is 261 g/mol. The Bertz CT molecular complexity index is 462. The number of ether oxygens (including phenoxy) is 1. The number of rotatable bonds is 2. The van der Waals surface area contributed by atoms with Crippen molar-refractivity contribution < 1.29 is 50.4 Å². The number of anilines is 1. The quantitative estimate of drug-likeness (QED) is 0.673. The van der Waals surface area contributed by atoms with E-state index in [1.54, 1.807) is 20.8 Å². The molecule has 0 bridgehead atoms. The van der Waals surface area contributed by atoms with Crippen LogP contribution in [-0.2, 0) is 4.74 Å². The van der Waals surface area contributed by atoms with Crippen LogP contribution in [0.15, 0.2) is 12.1 Å². The van der Waals surface area contributed by atoms with Crippen molar-refractivity contribution in [2.45, 2.75) is 26.4 Å². The maximum absolute atomic E-state index is 11.7. The summed E-state index contributed by atoms with van der Waals surface area (Å²) >= 11 is 0. The third-order valence-corrected chi connectivity index (χ3v) is 1.88. The monoisotopic (exact) mass is 277 g/mol. The van der Waals surface area contributed by atoms with Crippen molar-refractivity contribution in [1.82, 2.24) is 10.2 Å². The van der Waals surface area contributed by atoms with Gasteiger partial charge in [-0.2, -0.15) is 0 Å². The Morgan fingerprint density at radius 3 is 2.26 bits per heavy atom. The number of carboxylic acids is 1. The van der Waals surface area contributed by atoms with Crippen LogP contribution in [0.5, 0.6) is 0 Å². The van der Waals surface area contributed by atoms with Gasteiger partial charge in [0.1, 0.15) is 5.60 Å². The largest absolute Gasteiger partial charge is 1.00 e. The van der Waals surface area contributed by atoms with E-state index in [-0.39, 0.29) is 42.5 Å². The van der Waals surface area contributed by atoms with Gasteiger partial charge in [0.15, 0.2) is 11.5 Å². The molecule has 8 heteroatoms. The van der Waals surface area contributed by atoms with E-state index in [2.05, 4.69) is 10.2 Å². The molecule has 0 atom stereocenters. The van der Waals surface area contributed by atoms with E-state index in [0.29, 0.717) is 0 Å². The summed E-state index contributed by atoms with van der Waals surface area (Å²) in [7, 11) is 1.47. The Hall–Kier alpha value is -1.18. The molecular formula is C11H16N3NaO4. The van der Waals surface area contributed by atoms with Crippen LogP contribution in [0, 0.1) is 0 Å². The van der Waals surface area contributed by atoms with Crippen LogP contribution in [0.3, 0.4) is 0 Å². The van der Waals surface area contributed by atoms with E-state index in [9.17, 15) is 9.59 Å². The SMILES string of the molecule is CN(C(=O)OC(C)(C)C)c1ccc(C(=O)O)nn1.[H-].[Na+]. The van der Waals surface area contributed by atoms with Gasteiger partial charge in [-0.15, -0.1) is 10.2 Å². The molecule has 0 aliphatic heterocycles. The van der Waals surface area contributed by atoms with Crippen LogP contribution in [0.25, 0.3) is 0 Å². The zero-order valence-electron chi connectivity index (χ0n) is 12.7. The molecule has 0 aliphatic carbocycles. The summed E-state index contributed by atoms with van der Waals surface area (Å²) in [6, 6.07) is 2.66. The second kappa shape index (κ2) is 6.83. The fraction of sp³-hybridized carbons (Fsp3) is 0.455. The van der Waals surface area contributed by atoms with Crippen molar-refractivity contribution in [3.8, 4) is 0 Å². The molecule has 1 heterocycles. The molecule has 0 saturated carbocycles. The molecule has 0 radical (unpaired) electrons. The molecule has 0 spiro atoms. The van der Waals surface area contributed by atoms with Crippen LogP contribution in [0.1, 0.15) is 32.7 Å². The number of aromatic nitrogens is 2. The fourth-order valence-electron chi connectivity index (χ4n) is 1.04. The van der Waals surface area contributed by atoms with Crippen molar-refractivity contribution in [2.75, 3.05) is 11.9 Å². The summed E-state index contributed by atoms with van der Waals surface area (Å²) in [6.07, 6.45) is -0.583. The molecule has 0 unspecified atom stereocenters. The minimum absolute atomic E-state index is 0. The van der Waals surface area contributed by atoms with Crippen molar-refractivity contribution in [3.63, 3.8) is 0 Å². The van der Waals surface area contributed by atoms with Gasteiger partial charge in [0, 0.05) is 7.05 Å². The van der Waals surface area contributed by atoms with Gasteiger partial charge in [0.05, 0.1) is 0 Å². The maximum Gasteiger partial charge on any atom is 1.00 e. The molecule has 0 fully saturated rings. The standard InChI is InChI=1S/C11H15N3O4.Na.H/c1-11(2,3)18-10(17)14(4)8-6-5-7(9(15)16)12-13-8;;/h5-6H,1-4H3,(H,15,16);;/q;+1;-1. The van der Waals surface area contributed by atoms with Crippen molar-refractivity contribution >= 4 is 17.9 Å².